The summed E-state index contributed by atoms with van der Waals surface area (Å²) in [6.45, 7) is 5.75. The van der Waals surface area contributed by atoms with E-state index >= 15 is 0 Å². The molecule has 2 heterocycles. The summed E-state index contributed by atoms with van der Waals surface area (Å²) in [6.07, 6.45) is 1.70. The maximum absolute atomic E-state index is 5.93. The highest BCUT2D eigenvalue weighted by Gasteiger charge is 2.07. The van der Waals surface area contributed by atoms with Gasteiger partial charge in [0.15, 0.2) is 0 Å². The van der Waals surface area contributed by atoms with Crippen LogP contribution >= 0.6 is 11.6 Å². The van der Waals surface area contributed by atoms with Gasteiger partial charge in [0.2, 0.25) is 0 Å². The molecule has 0 N–H and O–H groups in total. The predicted octanol–water partition coefficient (Wildman–Crippen LogP) is 2.24. The smallest absolute Gasteiger partial charge is 0.219 e. The van der Waals surface area contributed by atoms with E-state index in [4.69, 9.17) is 11.6 Å². The normalized spacial score (nSPS) is 10.7. The van der Waals surface area contributed by atoms with Crippen LogP contribution in [0.5, 0.6) is 0 Å². The maximum atomic E-state index is 5.93. The molecule has 0 aliphatic heterocycles. The minimum absolute atomic E-state index is 0.465. The van der Waals surface area contributed by atoms with Gasteiger partial charge < -0.3 is 0 Å². The van der Waals surface area contributed by atoms with E-state index in [1.807, 2.05) is 26.8 Å². The lowest BCUT2D eigenvalue weighted by atomic mass is 10.4. The van der Waals surface area contributed by atoms with Gasteiger partial charge in [-0.1, -0.05) is 11.6 Å². The van der Waals surface area contributed by atoms with Crippen LogP contribution in [0.2, 0.25) is 5.15 Å². The maximum Gasteiger partial charge on any atom is 0.252 e. The van der Waals surface area contributed by atoms with Crippen LogP contribution in [-0.2, 0) is 0 Å². The molecule has 0 saturated heterocycles. The zero-order chi connectivity index (χ0) is 11.0. The lowest BCUT2D eigenvalue weighted by Gasteiger charge is -2.03. The summed E-state index contributed by atoms with van der Waals surface area (Å²) in [4.78, 5) is 8.36. The Balaban J connectivity index is 2.54. The van der Waals surface area contributed by atoms with Gasteiger partial charge in [-0.25, -0.2) is 9.67 Å². The fourth-order valence-corrected chi connectivity index (χ4v) is 1.47. The molecule has 2 aromatic rings. The van der Waals surface area contributed by atoms with E-state index in [1.54, 1.807) is 10.9 Å². The number of aromatic nitrogens is 4. The van der Waals surface area contributed by atoms with E-state index in [1.165, 1.54) is 0 Å². The molecule has 0 fully saturated rings. The van der Waals surface area contributed by atoms with Crippen molar-refractivity contribution in [3.63, 3.8) is 0 Å². The molecular weight excluding hydrogens is 212 g/mol. The summed E-state index contributed by atoms with van der Waals surface area (Å²) in [5.41, 5.74) is 2.79. The van der Waals surface area contributed by atoms with Crippen LogP contribution in [0.4, 0.5) is 0 Å². The molecule has 0 aliphatic rings. The van der Waals surface area contributed by atoms with E-state index in [0.29, 0.717) is 11.1 Å². The van der Waals surface area contributed by atoms with Crippen molar-refractivity contribution in [1.29, 1.82) is 0 Å². The van der Waals surface area contributed by atoms with Crippen LogP contribution in [0.1, 0.15) is 17.0 Å². The molecule has 78 valence electrons. The van der Waals surface area contributed by atoms with Crippen LogP contribution in [0, 0.1) is 20.8 Å². The van der Waals surface area contributed by atoms with Gasteiger partial charge in [-0.15, -0.1) is 0 Å². The highest BCUT2D eigenvalue weighted by atomic mass is 35.5. The molecule has 0 spiro atoms. The van der Waals surface area contributed by atoms with Gasteiger partial charge in [-0.2, -0.15) is 10.1 Å². The number of rotatable bonds is 1. The zero-order valence-electron chi connectivity index (χ0n) is 8.82. The molecule has 4 nitrogen and oxygen atoms in total. The lowest BCUT2D eigenvalue weighted by molar-refractivity contribution is 0.772. The highest BCUT2D eigenvalue weighted by molar-refractivity contribution is 6.30. The fraction of sp³-hybridized carbons (Fsp3) is 0.300. The van der Waals surface area contributed by atoms with Gasteiger partial charge in [-0.3, -0.25) is 0 Å². The first-order valence-corrected chi connectivity index (χ1v) is 4.98. The monoisotopic (exact) mass is 222 g/mol. The molecule has 15 heavy (non-hydrogen) atoms. The van der Waals surface area contributed by atoms with Gasteiger partial charge in [0.05, 0.1) is 5.69 Å². The Bertz CT molecular complexity index is 504. The second-order valence-electron chi connectivity index (χ2n) is 3.48. The Hall–Kier alpha value is -1.42. The van der Waals surface area contributed by atoms with E-state index in [9.17, 15) is 0 Å². The Morgan fingerprint density at radius 2 is 2.00 bits per heavy atom. The topological polar surface area (TPSA) is 43.6 Å². The van der Waals surface area contributed by atoms with E-state index in [2.05, 4.69) is 15.1 Å². The van der Waals surface area contributed by atoms with Crippen molar-refractivity contribution in [2.45, 2.75) is 20.8 Å². The minimum Gasteiger partial charge on any atom is -0.219 e. The molecular formula is C10H11ClN4. The van der Waals surface area contributed by atoms with E-state index in [-0.39, 0.29) is 0 Å². The molecule has 0 saturated carbocycles. The molecule has 0 unspecified atom stereocenters. The van der Waals surface area contributed by atoms with E-state index in [0.717, 1.165) is 17.0 Å². The van der Waals surface area contributed by atoms with Gasteiger partial charge in [0, 0.05) is 17.5 Å². The SMILES string of the molecule is Cc1cc(C)n(-c2ncc(C)c(Cl)n2)n1. The number of halogens is 1. The molecule has 2 rings (SSSR count). The number of hydrogen-bond donors (Lipinski definition) is 0. The molecule has 0 atom stereocenters. The third-order valence-corrected chi connectivity index (χ3v) is 2.48. The molecule has 5 heteroatoms. The van der Waals surface area contributed by atoms with Crippen molar-refractivity contribution in [1.82, 2.24) is 19.7 Å². The summed E-state index contributed by atoms with van der Waals surface area (Å²) in [5.74, 6) is 0.510. The molecule has 0 bridgehead atoms. The van der Waals surface area contributed by atoms with Crippen LogP contribution < -0.4 is 0 Å². The first kappa shape index (κ1) is 10.1. The average Bonchev–Trinajstić information content (AvgIpc) is 2.50. The fourth-order valence-electron chi connectivity index (χ4n) is 1.35. The largest absolute Gasteiger partial charge is 0.252 e. The Kier molecular flexibility index (Phi) is 2.44. The third kappa shape index (κ3) is 1.85. The van der Waals surface area contributed by atoms with Crippen molar-refractivity contribution >= 4 is 11.6 Å². The van der Waals surface area contributed by atoms with Crippen molar-refractivity contribution < 1.29 is 0 Å². The third-order valence-electron chi connectivity index (χ3n) is 2.10. The number of aryl methyl sites for hydroxylation is 3. The summed E-state index contributed by atoms with van der Waals surface area (Å²) < 4.78 is 1.68. The summed E-state index contributed by atoms with van der Waals surface area (Å²) >= 11 is 5.93. The van der Waals surface area contributed by atoms with Crippen LogP contribution in [0.15, 0.2) is 12.3 Å². The Morgan fingerprint density at radius 3 is 2.53 bits per heavy atom. The summed E-state index contributed by atoms with van der Waals surface area (Å²) in [7, 11) is 0. The van der Waals surface area contributed by atoms with Crippen LogP contribution in [0.3, 0.4) is 0 Å². The van der Waals surface area contributed by atoms with Gasteiger partial charge in [0.25, 0.3) is 5.95 Å². The number of nitrogens with zero attached hydrogens (tertiary/aromatic N) is 4. The number of hydrogen-bond acceptors (Lipinski definition) is 3. The molecule has 0 amide bonds. The molecule has 0 aromatic carbocycles. The predicted molar refractivity (Wildman–Crippen MR) is 58.4 cm³/mol. The molecule has 0 radical (unpaired) electrons. The lowest BCUT2D eigenvalue weighted by Crippen LogP contribution is -2.05. The van der Waals surface area contributed by atoms with Crippen LogP contribution in [0.25, 0.3) is 5.95 Å². The van der Waals surface area contributed by atoms with Crippen molar-refractivity contribution in [2.24, 2.45) is 0 Å². The summed E-state index contributed by atoms with van der Waals surface area (Å²) in [6, 6.07) is 1.97. The molecule has 2 aromatic heterocycles. The van der Waals surface area contributed by atoms with Crippen molar-refractivity contribution in [2.75, 3.05) is 0 Å². The first-order chi connectivity index (χ1) is 7.08. The minimum atomic E-state index is 0.465. The quantitative estimate of drug-likeness (QED) is 0.695. The highest BCUT2D eigenvalue weighted by Crippen LogP contribution is 2.13. The summed E-state index contributed by atoms with van der Waals surface area (Å²) in [5, 5.41) is 4.75. The second kappa shape index (κ2) is 3.62. The Labute approximate surface area is 92.9 Å². The van der Waals surface area contributed by atoms with Crippen molar-refractivity contribution in [3.05, 3.63) is 34.4 Å². The van der Waals surface area contributed by atoms with Gasteiger partial charge >= 0.3 is 0 Å². The average molecular weight is 223 g/mol. The van der Waals surface area contributed by atoms with Gasteiger partial charge in [-0.05, 0) is 26.8 Å². The van der Waals surface area contributed by atoms with Gasteiger partial charge in [0.1, 0.15) is 5.15 Å². The second-order valence-corrected chi connectivity index (χ2v) is 3.84. The molecule has 0 aliphatic carbocycles. The zero-order valence-corrected chi connectivity index (χ0v) is 9.58. The van der Waals surface area contributed by atoms with E-state index < -0.39 is 0 Å². The standard InChI is InChI=1S/C10H11ClN4/c1-6-5-12-10(13-9(6)11)15-8(3)4-7(2)14-15/h4-5H,1-3H3. The Morgan fingerprint density at radius 1 is 1.27 bits per heavy atom. The first-order valence-electron chi connectivity index (χ1n) is 4.60. The van der Waals surface area contributed by atoms with Crippen LogP contribution in [-0.4, -0.2) is 19.7 Å². The van der Waals surface area contributed by atoms with Crippen molar-refractivity contribution in [3.8, 4) is 5.95 Å².